The van der Waals surface area contributed by atoms with Gasteiger partial charge in [-0.25, -0.2) is 9.18 Å². The van der Waals surface area contributed by atoms with Crippen LogP contribution >= 0.6 is 0 Å². The van der Waals surface area contributed by atoms with E-state index in [1.807, 2.05) is 6.92 Å². The van der Waals surface area contributed by atoms with Gasteiger partial charge in [-0.3, -0.25) is 4.79 Å². The van der Waals surface area contributed by atoms with Crippen molar-refractivity contribution in [1.82, 2.24) is 0 Å². The van der Waals surface area contributed by atoms with Crippen LogP contribution < -0.4 is 11.1 Å². The second-order valence-corrected chi connectivity index (χ2v) is 4.24. The molecule has 1 unspecified atom stereocenters. The number of halogens is 1. The van der Waals surface area contributed by atoms with E-state index in [0.29, 0.717) is 6.42 Å². The van der Waals surface area contributed by atoms with Gasteiger partial charge in [0.25, 0.3) is 0 Å². The number of carboxylic acids is 1. The van der Waals surface area contributed by atoms with E-state index < -0.39 is 29.3 Å². The van der Waals surface area contributed by atoms with Gasteiger partial charge >= 0.3 is 5.97 Å². The topological polar surface area (TPSA) is 92.4 Å². The number of benzene rings is 1. The van der Waals surface area contributed by atoms with Crippen molar-refractivity contribution >= 4 is 17.6 Å². The first kappa shape index (κ1) is 15.1. The molecule has 0 aliphatic carbocycles. The Kier molecular flexibility index (Phi) is 5.44. The zero-order valence-corrected chi connectivity index (χ0v) is 10.6. The van der Waals surface area contributed by atoms with Crippen LogP contribution in [0.25, 0.3) is 0 Å². The highest BCUT2D eigenvalue weighted by molar-refractivity contribution is 5.96. The van der Waals surface area contributed by atoms with Crippen molar-refractivity contribution in [3.05, 3.63) is 29.6 Å². The number of carbonyl (C=O) groups excluding carboxylic acids is 1. The summed E-state index contributed by atoms with van der Waals surface area (Å²) in [6, 6.07) is 2.71. The Morgan fingerprint density at radius 1 is 1.47 bits per heavy atom. The summed E-state index contributed by atoms with van der Waals surface area (Å²) in [6.45, 7) is 1.99. The van der Waals surface area contributed by atoms with E-state index in [0.717, 1.165) is 25.0 Å². The number of unbranched alkanes of at least 4 members (excludes halogenated alkanes) is 1. The molecule has 104 valence electrons. The molecule has 0 aromatic heterocycles. The molecule has 0 radical (unpaired) electrons. The van der Waals surface area contributed by atoms with E-state index >= 15 is 0 Å². The third-order valence-electron chi connectivity index (χ3n) is 2.67. The summed E-state index contributed by atoms with van der Waals surface area (Å²) in [5.74, 6) is -2.64. The second-order valence-electron chi connectivity index (χ2n) is 4.24. The van der Waals surface area contributed by atoms with E-state index in [9.17, 15) is 14.0 Å². The van der Waals surface area contributed by atoms with Crippen molar-refractivity contribution in [3.63, 3.8) is 0 Å². The van der Waals surface area contributed by atoms with Crippen LogP contribution in [0.2, 0.25) is 0 Å². The fourth-order valence-corrected chi connectivity index (χ4v) is 1.56. The van der Waals surface area contributed by atoms with E-state index in [4.69, 9.17) is 10.8 Å². The number of hydrogen-bond acceptors (Lipinski definition) is 3. The Morgan fingerprint density at radius 2 is 2.16 bits per heavy atom. The van der Waals surface area contributed by atoms with Crippen LogP contribution in [-0.4, -0.2) is 23.0 Å². The standard InChI is InChI=1S/C13H17FN2O3/c1-2-3-4-11(15)12(17)16-8-5-6-10(14)9(7-8)13(18)19/h5-7,11H,2-4,15H2,1H3,(H,16,17)(H,18,19). The highest BCUT2D eigenvalue weighted by atomic mass is 19.1. The minimum absolute atomic E-state index is 0.218. The van der Waals surface area contributed by atoms with Gasteiger partial charge in [-0.2, -0.15) is 0 Å². The van der Waals surface area contributed by atoms with Gasteiger partial charge < -0.3 is 16.2 Å². The van der Waals surface area contributed by atoms with Crippen LogP contribution in [0, 0.1) is 5.82 Å². The monoisotopic (exact) mass is 268 g/mol. The number of aromatic carboxylic acids is 1. The van der Waals surface area contributed by atoms with Gasteiger partial charge in [-0.05, 0) is 24.6 Å². The normalized spacial score (nSPS) is 11.9. The zero-order chi connectivity index (χ0) is 14.4. The first-order valence-electron chi connectivity index (χ1n) is 6.05. The molecule has 1 amide bonds. The van der Waals surface area contributed by atoms with Gasteiger partial charge in [0, 0.05) is 5.69 Å². The molecule has 0 fully saturated rings. The molecule has 6 heteroatoms. The lowest BCUT2D eigenvalue weighted by atomic mass is 10.1. The molecule has 1 rings (SSSR count). The summed E-state index contributed by atoms with van der Waals surface area (Å²) in [6.07, 6.45) is 2.31. The number of nitrogens with one attached hydrogen (secondary N) is 1. The molecule has 4 N–H and O–H groups in total. The molecule has 19 heavy (non-hydrogen) atoms. The highest BCUT2D eigenvalue weighted by Gasteiger charge is 2.15. The van der Waals surface area contributed by atoms with Crippen LogP contribution in [0.15, 0.2) is 18.2 Å². The Morgan fingerprint density at radius 3 is 2.74 bits per heavy atom. The Balaban J connectivity index is 2.74. The second kappa shape index (κ2) is 6.84. The first-order valence-corrected chi connectivity index (χ1v) is 6.05. The first-order chi connectivity index (χ1) is 8.95. The third-order valence-corrected chi connectivity index (χ3v) is 2.67. The molecule has 0 saturated carbocycles. The van der Waals surface area contributed by atoms with Crippen LogP contribution in [0.4, 0.5) is 10.1 Å². The summed E-state index contributed by atoms with van der Waals surface area (Å²) in [5, 5.41) is 11.3. The summed E-state index contributed by atoms with van der Waals surface area (Å²) in [4.78, 5) is 22.5. The van der Waals surface area contributed by atoms with Crippen molar-refractivity contribution in [3.8, 4) is 0 Å². The largest absolute Gasteiger partial charge is 0.478 e. The number of anilines is 1. The van der Waals surface area contributed by atoms with Gasteiger partial charge in [0.15, 0.2) is 0 Å². The fraction of sp³-hybridized carbons (Fsp3) is 0.385. The molecular weight excluding hydrogens is 251 g/mol. The van der Waals surface area contributed by atoms with Crippen molar-refractivity contribution < 1.29 is 19.1 Å². The Labute approximate surface area is 110 Å². The van der Waals surface area contributed by atoms with Crippen LogP contribution in [0.1, 0.15) is 36.5 Å². The third kappa shape index (κ3) is 4.33. The lowest BCUT2D eigenvalue weighted by molar-refractivity contribution is -0.117. The van der Waals surface area contributed by atoms with E-state index in [1.54, 1.807) is 0 Å². The average molecular weight is 268 g/mol. The van der Waals surface area contributed by atoms with E-state index in [2.05, 4.69) is 5.32 Å². The Bertz CT molecular complexity index is 477. The van der Waals surface area contributed by atoms with Crippen LogP contribution in [-0.2, 0) is 4.79 Å². The average Bonchev–Trinajstić information content (AvgIpc) is 2.37. The number of hydrogen-bond donors (Lipinski definition) is 3. The summed E-state index contributed by atoms with van der Waals surface area (Å²) in [7, 11) is 0. The molecule has 1 atom stereocenters. The van der Waals surface area contributed by atoms with Crippen molar-refractivity contribution in [2.24, 2.45) is 5.73 Å². The molecule has 0 spiro atoms. The van der Waals surface area contributed by atoms with Gasteiger partial charge in [0.05, 0.1) is 11.6 Å². The van der Waals surface area contributed by atoms with Crippen molar-refractivity contribution in [2.45, 2.75) is 32.2 Å². The van der Waals surface area contributed by atoms with Crippen molar-refractivity contribution in [1.29, 1.82) is 0 Å². The number of carboxylic acid groups (broad SMARTS) is 1. The Hall–Kier alpha value is -1.95. The van der Waals surface area contributed by atoms with Gasteiger partial charge in [0.1, 0.15) is 5.82 Å². The number of amides is 1. The maximum Gasteiger partial charge on any atom is 0.338 e. The lowest BCUT2D eigenvalue weighted by Gasteiger charge is -2.12. The maximum absolute atomic E-state index is 13.2. The van der Waals surface area contributed by atoms with Crippen LogP contribution in [0.3, 0.4) is 0 Å². The molecule has 0 heterocycles. The highest BCUT2D eigenvalue weighted by Crippen LogP contribution is 2.15. The van der Waals surface area contributed by atoms with E-state index in [-0.39, 0.29) is 5.69 Å². The molecule has 0 bridgehead atoms. The van der Waals surface area contributed by atoms with E-state index in [1.165, 1.54) is 6.07 Å². The molecule has 0 aliphatic heterocycles. The smallest absolute Gasteiger partial charge is 0.338 e. The van der Waals surface area contributed by atoms with Gasteiger partial charge in [-0.1, -0.05) is 19.8 Å². The summed E-state index contributed by atoms with van der Waals surface area (Å²) < 4.78 is 13.2. The maximum atomic E-state index is 13.2. The molecule has 1 aromatic carbocycles. The summed E-state index contributed by atoms with van der Waals surface area (Å²) >= 11 is 0. The number of carbonyl (C=O) groups is 2. The van der Waals surface area contributed by atoms with Gasteiger partial charge in [-0.15, -0.1) is 0 Å². The quantitative estimate of drug-likeness (QED) is 0.735. The minimum Gasteiger partial charge on any atom is -0.478 e. The van der Waals surface area contributed by atoms with Gasteiger partial charge in [0.2, 0.25) is 5.91 Å². The minimum atomic E-state index is -1.39. The molecule has 5 nitrogen and oxygen atoms in total. The molecule has 0 saturated heterocycles. The predicted octanol–water partition coefficient (Wildman–Crippen LogP) is 1.98. The van der Waals surface area contributed by atoms with Crippen LogP contribution in [0.5, 0.6) is 0 Å². The predicted molar refractivity (Wildman–Crippen MR) is 69.5 cm³/mol. The lowest BCUT2D eigenvalue weighted by Crippen LogP contribution is -2.35. The SMILES string of the molecule is CCCCC(N)C(=O)Nc1ccc(F)c(C(=O)O)c1. The summed E-state index contributed by atoms with van der Waals surface area (Å²) in [5.41, 5.74) is 5.41. The number of nitrogens with two attached hydrogens (primary N) is 1. The molecular formula is C13H17FN2O3. The zero-order valence-electron chi connectivity index (χ0n) is 10.6. The molecule has 1 aromatic rings. The fourth-order valence-electron chi connectivity index (χ4n) is 1.56. The van der Waals surface area contributed by atoms with Crippen molar-refractivity contribution in [2.75, 3.05) is 5.32 Å². The number of rotatable bonds is 6. The molecule has 0 aliphatic rings.